The zero-order chi connectivity index (χ0) is 18.6. The molecule has 2 heterocycles. The molecule has 134 valence electrons. The van der Waals surface area contributed by atoms with Crippen LogP contribution in [0, 0.1) is 0 Å². The van der Waals surface area contributed by atoms with Crippen molar-refractivity contribution in [2.24, 2.45) is 0 Å². The Hall–Kier alpha value is -3.24. The number of rotatable bonds is 5. The molecule has 0 saturated carbocycles. The van der Waals surface area contributed by atoms with Gasteiger partial charge in [0.05, 0.1) is 0 Å². The van der Waals surface area contributed by atoms with Crippen LogP contribution in [0.25, 0.3) is 11.4 Å². The maximum Gasteiger partial charge on any atom is 0.137 e. The Labute approximate surface area is 158 Å². The normalized spacial score (nSPS) is 13.3. The number of pyridine rings is 1. The van der Waals surface area contributed by atoms with Crippen LogP contribution in [-0.4, -0.2) is 20.1 Å². The van der Waals surface area contributed by atoms with Crippen molar-refractivity contribution >= 4 is 0 Å². The molecule has 0 aliphatic heterocycles. The summed E-state index contributed by atoms with van der Waals surface area (Å²) in [5.41, 5.74) is 4.96. The van der Waals surface area contributed by atoms with Gasteiger partial charge < -0.3 is 10.1 Å². The molecule has 4 heteroatoms. The first-order chi connectivity index (χ1) is 13.2. The summed E-state index contributed by atoms with van der Waals surface area (Å²) < 4.78 is 0. The number of hydrogen-bond acceptors (Lipinski definition) is 3. The molecule has 27 heavy (non-hydrogen) atoms. The van der Waals surface area contributed by atoms with E-state index in [2.05, 4.69) is 34.0 Å². The Morgan fingerprint density at radius 1 is 0.852 bits per heavy atom. The fraction of sp³-hybridized carbons (Fsp3) is 0.130. The molecule has 0 fully saturated rings. The monoisotopic (exact) mass is 355 g/mol. The maximum atomic E-state index is 10.7. The predicted molar refractivity (Wildman–Crippen MR) is 106 cm³/mol. The molecule has 2 unspecified atom stereocenters. The second kappa shape index (κ2) is 7.56. The summed E-state index contributed by atoms with van der Waals surface area (Å²) >= 11 is 0. The van der Waals surface area contributed by atoms with Gasteiger partial charge in [-0.2, -0.15) is 0 Å². The highest BCUT2D eigenvalue weighted by molar-refractivity contribution is 5.54. The van der Waals surface area contributed by atoms with Gasteiger partial charge in [-0.3, -0.25) is 4.98 Å². The van der Waals surface area contributed by atoms with Crippen molar-refractivity contribution < 1.29 is 5.11 Å². The van der Waals surface area contributed by atoms with E-state index in [0.717, 1.165) is 33.8 Å². The number of benzene rings is 2. The van der Waals surface area contributed by atoms with Gasteiger partial charge in [-0.25, -0.2) is 4.98 Å². The van der Waals surface area contributed by atoms with Gasteiger partial charge in [0.25, 0.3) is 0 Å². The van der Waals surface area contributed by atoms with Crippen molar-refractivity contribution in [2.45, 2.75) is 18.9 Å². The van der Waals surface area contributed by atoms with Crippen molar-refractivity contribution in [2.75, 3.05) is 0 Å². The van der Waals surface area contributed by atoms with Crippen LogP contribution in [0.2, 0.25) is 0 Å². The largest absolute Gasteiger partial charge is 0.384 e. The molecule has 2 N–H and O–H groups in total. The van der Waals surface area contributed by atoms with Gasteiger partial charge in [0, 0.05) is 35.8 Å². The van der Waals surface area contributed by atoms with E-state index in [1.165, 1.54) is 0 Å². The molecular weight excluding hydrogens is 334 g/mol. The molecule has 4 aromatic rings. The molecule has 2 aromatic carbocycles. The quantitative estimate of drug-likeness (QED) is 0.545. The fourth-order valence-electron chi connectivity index (χ4n) is 3.22. The minimum atomic E-state index is -0.632. The summed E-state index contributed by atoms with van der Waals surface area (Å²) in [6.07, 6.45) is 4.76. The molecule has 0 saturated heterocycles. The number of nitrogens with one attached hydrogen (secondary N) is 1. The first-order valence-electron chi connectivity index (χ1n) is 9.00. The lowest BCUT2D eigenvalue weighted by atomic mass is 9.93. The fourth-order valence-corrected chi connectivity index (χ4v) is 3.22. The Morgan fingerprint density at radius 3 is 2.33 bits per heavy atom. The Morgan fingerprint density at radius 2 is 1.56 bits per heavy atom. The van der Waals surface area contributed by atoms with Crippen LogP contribution in [0.4, 0.5) is 0 Å². The third kappa shape index (κ3) is 3.66. The van der Waals surface area contributed by atoms with E-state index in [9.17, 15) is 5.11 Å². The van der Waals surface area contributed by atoms with Crippen molar-refractivity contribution in [3.05, 3.63) is 108 Å². The zero-order valence-electron chi connectivity index (χ0n) is 15.1. The van der Waals surface area contributed by atoms with E-state index in [1.807, 2.05) is 60.8 Å². The van der Waals surface area contributed by atoms with E-state index >= 15 is 0 Å². The molecule has 0 radical (unpaired) electrons. The maximum absolute atomic E-state index is 10.7. The highest BCUT2D eigenvalue weighted by atomic mass is 16.3. The number of aromatic amines is 1. The van der Waals surface area contributed by atoms with Gasteiger partial charge >= 0.3 is 0 Å². The van der Waals surface area contributed by atoms with Gasteiger partial charge in [-0.1, -0.05) is 61.5 Å². The van der Waals surface area contributed by atoms with Crippen molar-refractivity contribution in [1.82, 2.24) is 15.0 Å². The number of aliphatic hydroxyl groups is 1. The molecule has 2 atom stereocenters. The molecule has 0 bridgehead atoms. The first-order valence-corrected chi connectivity index (χ1v) is 9.00. The van der Waals surface area contributed by atoms with Gasteiger partial charge in [-0.15, -0.1) is 0 Å². The molecular formula is C23H21N3O. The topological polar surface area (TPSA) is 61.8 Å². The van der Waals surface area contributed by atoms with E-state index in [0.29, 0.717) is 0 Å². The van der Waals surface area contributed by atoms with Crippen molar-refractivity contribution in [3.8, 4) is 11.4 Å². The Bertz CT molecular complexity index is 1010. The van der Waals surface area contributed by atoms with Crippen LogP contribution in [0.5, 0.6) is 0 Å². The average molecular weight is 355 g/mol. The van der Waals surface area contributed by atoms with Crippen LogP contribution in [-0.2, 0) is 0 Å². The zero-order valence-corrected chi connectivity index (χ0v) is 15.1. The van der Waals surface area contributed by atoms with Crippen molar-refractivity contribution in [3.63, 3.8) is 0 Å². The third-order valence-corrected chi connectivity index (χ3v) is 4.86. The summed E-state index contributed by atoms with van der Waals surface area (Å²) in [6, 6.07) is 21.7. The van der Waals surface area contributed by atoms with Crippen molar-refractivity contribution in [1.29, 1.82) is 0 Å². The Balaban J connectivity index is 1.60. The first kappa shape index (κ1) is 17.2. The van der Waals surface area contributed by atoms with Gasteiger partial charge in [-0.05, 0) is 28.8 Å². The Kier molecular flexibility index (Phi) is 4.81. The molecule has 2 aromatic heterocycles. The molecule has 4 rings (SSSR count). The molecule has 0 aliphatic rings. The number of aliphatic hydroxyl groups excluding tert-OH is 1. The molecule has 0 amide bonds. The van der Waals surface area contributed by atoms with Crippen LogP contribution in [0.15, 0.2) is 85.3 Å². The van der Waals surface area contributed by atoms with E-state index in [-0.39, 0.29) is 5.92 Å². The van der Waals surface area contributed by atoms with Gasteiger partial charge in [0.2, 0.25) is 0 Å². The average Bonchev–Trinajstić information content (AvgIpc) is 3.24. The molecule has 4 nitrogen and oxygen atoms in total. The number of hydrogen-bond donors (Lipinski definition) is 2. The number of aromatic nitrogens is 3. The predicted octanol–water partition coefficient (Wildman–Crippen LogP) is 4.71. The van der Waals surface area contributed by atoms with E-state index < -0.39 is 6.10 Å². The highest BCUT2D eigenvalue weighted by Crippen LogP contribution is 2.29. The van der Waals surface area contributed by atoms with Gasteiger partial charge in [0.1, 0.15) is 11.9 Å². The van der Waals surface area contributed by atoms with Crippen LogP contribution in [0.1, 0.15) is 41.3 Å². The summed E-state index contributed by atoms with van der Waals surface area (Å²) in [7, 11) is 0. The minimum Gasteiger partial charge on any atom is -0.384 e. The van der Waals surface area contributed by atoms with Crippen LogP contribution >= 0.6 is 0 Å². The number of imidazole rings is 1. The van der Waals surface area contributed by atoms with Gasteiger partial charge in [0.15, 0.2) is 0 Å². The summed E-state index contributed by atoms with van der Waals surface area (Å²) in [5, 5.41) is 10.7. The molecule has 0 spiro atoms. The SMILES string of the molecule is CC(c1cccc(C(O)c2ccccc2)c1)c1cnc(-c2ccncc2)[nH]1. The number of nitrogens with zero attached hydrogens (tertiary/aromatic N) is 2. The van der Waals surface area contributed by atoms with E-state index in [1.54, 1.807) is 12.4 Å². The van der Waals surface area contributed by atoms with Crippen LogP contribution in [0.3, 0.4) is 0 Å². The lowest BCUT2D eigenvalue weighted by molar-refractivity contribution is 0.220. The summed E-state index contributed by atoms with van der Waals surface area (Å²) in [6.45, 7) is 2.14. The smallest absolute Gasteiger partial charge is 0.137 e. The lowest BCUT2D eigenvalue weighted by Gasteiger charge is -2.15. The molecule has 0 aliphatic carbocycles. The second-order valence-corrected chi connectivity index (χ2v) is 6.63. The lowest BCUT2D eigenvalue weighted by Crippen LogP contribution is -2.02. The summed E-state index contributed by atoms with van der Waals surface area (Å²) in [5.74, 6) is 0.968. The second-order valence-electron chi connectivity index (χ2n) is 6.63. The third-order valence-electron chi connectivity index (χ3n) is 4.86. The van der Waals surface area contributed by atoms with Crippen LogP contribution < -0.4 is 0 Å². The number of H-pyrrole nitrogens is 1. The highest BCUT2D eigenvalue weighted by Gasteiger charge is 2.15. The standard InChI is InChI=1S/C23H21N3O/c1-16(21-15-25-23(26-21)18-10-12-24-13-11-18)19-8-5-9-20(14-19)22(27)17-6-3-2-4-7-17/h2-16,22,27H,1H3,(H,25,26). The van der Waals surface area contributed by atoms with E-state index in [4.69, 9.17) is 0 Å². The summed E-state index contributed by atoms with van der Waals surface area (Å²) in [4.78, 5) is 12.0. The minimum absolute atomic E-state index is 0.135.